The molecule has 0 spiro atoms. The van der Waals surface area contributed by atoms with Crippen LogP contribution in [0.1, 0.15) is 43.2 Å². The average Bonchev–Trinajstić information content (AvgIpc) is 3.35. The van der Waals surface area contributed by atoms with E-state index < -0.39 is 0 Å². The van der Waals surface area contributed by atoms with Crippen molar-refractivity contribution >= 4 is 27.5 Å². The van der Waals surface area contributed by atoms with Crippen LogP contribution in [0.25, 0.3) is 10.2 Å². The highest BCUT2D eigenvalue weighted by molar-refractivity contribution is 7.18. The molecule has 1 aliphatic heterocycles. The Hall–Kier alpha value is -1.68. The number of piperidine rings is 1. The molecule has 4 atom stereocenters. The highest BCUT2D eigenvalue weighted by Gasteiger charge is 2.43. The first-order valence-electron chi connectivity index (χ1n) is 9.14. The normalized spacial score (nSPS) is 31.9. The van der Waals surface area contributed by atoms with Gasteiger partial charge in [-0.3, -0.25) is 4.79 Å². The molecule has 3 aliphatic rings. The standard InChI is InChI=1S/C20H22N2OS/c23-20(15-12-13-8-9-14(15)11-13)22-10-4-3-6-17(22)19-21-16-5-1-2-7-18(16)24-19/h1-2,5,7-9,13-15,17H,3-4,6,10-12H2/t13-,14-,15-,17+/m0/s1. The van der Waals surface area contributed by atoms with Crippen LogP contribution in [0.2, 0.25) is 0 Å². The second kappa shape index (κ2) is 5.69. The van der Waals surface area contributed by atoms with Gasteiger partial charge < -0.3 is 4.90 Å². The maximum absolute atomic E-state index is 13.3. The fraction of sp³-hybridized carbons (Fsp3) is 0.500. The summed E-state index contributed by atoms with van der Waals surface area (Å²) < 4.78 is 1.23. The summed E-state index contributed by atoms with van der Waals surface area (Å²) in [5, 5.41) is 1.13. The minimum atomic E-state index is 0.187. The van der Waals surface area contributed by atoms with E-state index in [4.69, 9.17) is 4.98 Å². The third-order valence-electron chi connectivity index (χ3n) is 5.98. The van der Waals surface area contributed by atoms with Gasteiger partial charge in [-0.05, 0) is 56.1 Å². The Labute approximate surface area is 146 Å². The number of para-hydroxylation sites is 1. The van der Waals surface area contributed by atoms with Crippen LogP contribution in [-0.2, 0) is 4.79 Å². The molecule has 0 unspecified atom stereocenters. The lowest BCUT2D eigenvalue weighted by Crippen LogP contribution is -2.42. The number of carbonyl (C=O) groups excluding carboxylic acids is 1. The third-order valence-corrected chi connectivity index (χ3v) is 7.12. The maximum Gasteiger partial charge on any atom is 0.226 e. The van der Waals surface area contributed by atoms with E-state index in [9.17, 15) is 4.79 Å². The smallest absolute Gasteiger partial charge is 0.226 e. The summed E-state index contributed by atoms with van der Waals surface area (Å²) in [6.45, 7) is 0.900. The van der Waals surface area contributed by atoms with E-state index in [0.717, 1.165) is 36.3 Å². The van der Waals surface area contributed by atoms with E-state index >= 15 is 0 Å². The van der Waals surface area contributed by atoms with Gasteiger partial charge in [-0.25, -0.2) is 4.98 Å². The first-order valence-corrected chi connectivity index (χ1v) is 9.95. The molecule has 5 rings (SSSR count). The number of amides is 1. The van der Waals surface area contributed by atoms with Crippen molar-refractivity contribution in [2.24, 2.45) is 17.8 Å². The van der Waals surface area contributed by atoms with Crippen molar-refractivity contribution in [1.29, 1.82) is 0 Å². The van der Waals surface area contributed by atoms with Gasteiger partial charge >= 0.3 is 0 Å². The highest BCUT2D eigenvalue weighted by atomic mass is 32.1. The van der Waals surface area contributed by atoms with E-state index in [1.165, 1.54) is 17.5 Å². The molecule has 4 heteroatoms. The summed E-state index contributed by atoms with van der Waals surface area (Å²) in [5.74, 6) is 1.74. The number of benzene rings is 1. The molecule has 1 saturated heterocycles. The molecule has 1 amide bonds. The molecule has 24 heavy (non-hydrogen) atoms. The lowest BCUT2D eigenvalue weighted by molar-refractivity contribution is -0.140. The number of fused-ring (bicyclic) bond motifs is 3. The van der Waals surface area contributed by atoms with Crippen LogP contribution in [-0.4, -0.2) is 22.3 Å². The van der Waals surface area contributed by atoms with E-state index in [1.54, 1.807) is 11.3 Å². The van der Waals surface area contributed by atoms with Gasteiger partial charge in [0.2, 0.25) is 5.91 Å². The highest BCUT2D eigenvalue weighted by Crippen LogP contribution is 2.46. The van der Waals surface area contributed by atoms with Crippen LogP contribution in [0, 0.1) is 17.8 Å². The van der Waals surface area contributed by atoms with Gasteiger partial charge in [-0.1, -0.05) is 24.3 Å². The van der Waals surface area contributed by atoms with Crippen molar-refractivity contribution in [3.63, 3.8) is 0 Å². The van der Waals surface area contributed by atoms with Crippen molar-refractivity contribution < 1.29 is 4.79 Å². The summed E-state index contributed by atoms with van der Waals surface area (Å²) in [4.78, 5) is 20.3. The number of rotatable bonds is 2. The van der Waals surface area contributed by atoms with E-state index in [-0.39, 0.29) is 12.0 Å². The van der Waals surface area contributed by atoms with Gasteiger partial charge in [0.15, 0.2) is 0 Å². The van der Waals surface area contributed by atoms with Gasteiger partial charge in [-0.2, -0.15) is 0 Å². The first-order chi connectivity index (χ1) is 11.8. The largest absolute Gasteiger partial charge is 0.333 e. The minimum absolute atomic E-state index is 0.187. The van der Waals surface area contributed by atoms with Gasteiger partial charge in [0.1, 0.15) is 5.01 Å². The molecule has 3 nitrogen and oxygen atoms in total. The fourth-order valence-corrected chi connectivity index (χ4v) is 5.88. The summed E-state index contributed by atoms with van der Waals surface area (Å²) in [6.07, 6.45) is 10.2. The number of carbonyl (C=O) groups is 1. The van der Waals surface area contributed by atoms with Crippen molar-refractivity contribution in [3.8, 4) is 0 Å². The number of thiazole rings is 1. The molecule has 1 aromatic heterocycles. The van der Waals surface area contributed by atoms with Crippen LogP contribution in [0.15, 0.2) is 36.4 Å². The van der Waals surface area contributed by atoms with Crippen LogP contribution in [0.4, 0.5) is 0 Å². The molecule has 0 radical (unpaired) electrons. The molecule has 0 N–H and O–H groups in total. The second-order valence-corrected chi connectivity index (χ2v) is 8.51. The Morgan fingerprint density at radius 1 is 1.17 bits per heavy atom. The topological polar surface area (TPSA) is 33.2 Å². The zero-order valence-corrected chi connectivity index (χ0v) is 14.5. The van der Waals surface area contributed by atoms with Crippen molar-refractivity contribution in [3.05, 3.63) is 41.4 Å². The van der Waals surface area contributed by atoms with Gasteiger partial charge in [0, 0.05) is 12.5 Å². The maximum atomic E-state index is 13.3. The van der Waals surface area contributed by atoms with Gasteiger partial charge in [0.25, 0.3) is 0 Å². The average molecular weight is 338 g/mol. The molecular weight excluding hydrogens is 316 g/mol. The van der Waals surface area contributed by atoms with Gasteiger partial charge in [-0.15, -0.1) is 11.3 Å². The molecule has 1 aromatic carbocycles. The molecule has 2 bridgehead atoms. The molecular formula is C20H22N2OS. The summed E-state index contributed by atoms with van der Waals surface area (Å²) in [6, 6.07) is 8.50. The van der Waals surface area contributed by atoms with Crippen LogP contribution in [0.3, 0.4) is 0 Å². The Bertz CT molecular complexity index is 778. The number of allylic oxidation sites excluding steroid dienone is 2. The van der Waals surface area contributed by atoms with Crippen molar-refractivity contribution in [1.82, 2.24) is 9.88 Å². The number of likely N-dealkylation sites (tertiary alicyclic amines) is 1. The summed E-state index contributed by atoms with van der Waals surface area (Å²) in [7, 11) is 0. The summed E-state index contributed by atoms with van der Waals surface area (Å²) in [5.41, 5.74) is 1.07. The quantitative estimate of drug-likeness (QED) is 0.752. The van der Waals surface area contributed by atoms with Crippen LogP contribution >= 0.6 is 11.3 Å². The Kier molecular flexibility index (Phi) is 3.47. The van der Waals surface area contributed by atoms with Crippen molar-refractivity contribution in [2.75, 3.05) is 6.54 Å². The van der Waals surface area contributed by atoms with Crippen molar-refractivity contribution in [2.45, 2.75) is 38.1 Å². The number of nitrogens with zero attached hydrogens (tertiary/aromatic N) is 2. The van der Waals surface area contributed by atoms with Crippen LogP contribution in [0.5, 0.6) is 0 Å². The first kappa shape index (κ1) is 14.6. The van der Waals surface area contributed by atoms with Gasteiger partial charge in [0.05, 0.1) is 16.3 Å². The Balaban J connectivity index is 1.45. The zero-order valence-electron chi connectivity index (χ0n) is 13.7. The number of hydrogen-bond donors (Lipinski definition) is 0. The molecule has 2 heterocycles. The molecule has 2 fully saturated rings. The Morgan fingerprint density at radius 2 is 2.08 bits per heavy atom. The van der Waals surface area contributed by atoms with E-state index in [2.05, 4.69) is 35.3 Å². The second-order valence-electron chi connectivity index (χ2n) is 7.45. The minimum Gasteiger partial charge on any atom is -0.333 e. The Morgan fingerprint density at radius 3 is 2.88 bits per heavy atom. The predicted molar refractivity (Wildman–Crippen MR) is 96.8 cm³/mol. The molecule has 2 aliphatic carbocycles. The lowest BCUT2D eigenvalue weighted by atomic mass is 9.90. The number of aromatic nitrogens is 1. The molecule has 1 saturated carbocycles. The lowest BCUT2D eigenvalue weighted by Gasteiger charge is -2.37. The third kappa shape index (κ3) is 2.31. The summed E-state index contributed by atoms with van der Waals surface area (Å²) >= 11 is 1.76. The number of hydrogen-bond acceptors (Lipinski definition) is 3. The SMILES string of the molecule is O=C([C@H]1C[C@H]2C=C[C@H]1C2)N1CCCC[C@@H]1c1nc2ccccc2s1. The molecule has 2 aromatic rings. The van der Waals surface area contributed by atoms with Crippen LogP contribution < -0.4 is 0 Å². The monoisotopic (exact) mass is 338 g/mol. The van der Waals surface area contributed by atoms with E-state index in [1.807, 2.05) is 6.07 Å². The molecule has 124 valence electrons. The predicted octanol–water partition coefficient (Wildman–Crippen LogP) is 4.56. The van der Waals surface area contributed by atoms with E-state index in [0.29, 0.717) is 17.7 Å². The zero-order chi connectivity index (χ0) is 16.1. The fourth-order valence-electron chi connectivity index (χ4n) is 4.76.